The van der Waals surface area contributed by atoms with Crippen molar-refractivity contribution in [2.45, 2.75) is 50.9 Å². The van der Waals surface area contributed by atoms with Gasteiger partial charge in [0.25, 0.3) is 0 Å². The molecule has 0 radical (unpaired) electrons. The zero-order chi connectivity index (χ0) is 16.2. The summed E-state index contributed by atoms with van der Waals surface area (Å²) in [6.07, 6.45) is 4.44. The summed E-state index contributed by atoms with van der Waals surface area (Å²) in [4.78, 5) is 4.51. The molecule has 0 spiro atoms. The molecule has 2 aliphatic heterocycles. The molecular formula is C17H24F2IN3O. The van der Waals surface area contributed by atoms with Gasteiger partial charge in [-0.05, 0) is 50.3 Å². The minimum absolute atomic E-state index is 0. The standard InChI is InChI=1S/C17H23F2N3O.HI/c1-2-20-17(22-15-10-14-3-4-16(15)23-14)21-6-5-11-7-12(18)9-13(19)8-11;/h7-9,14-16H,2-6,10H2,1H3,(H2,20,21,22);1H. The van der Waals surface area contributed by atoms with Crippen LogP contribution in [-0.2, 0) is 11.2 Å². The van der Waals surface area contributed by atoms with Crippen LogP contribution in [0.4, 0.5) is 8.78 Å². The Morgan fingerprint density at radius 2 is 2.00 bits per heavy atom. The molecule has 2 fully saturated rings. The molecule has 7 heteroatoms. The number of benzene rings is 1. The van der Waals surface area contributed by atoms with Gasteiger partial charge in [0.2, 0.25) is 0 Å². The Bertz CT molecular complexity index is 565. The number of nitrogens with one attached hydrogen (secondary N) is 2. The van der Waals surface area contributed by atoms with Crippen molar-refractivity contribution in [3.63, 3.8) is 0 Å². The van der Waals surface area contributed by atoms with E-state index in [0.29, 0.717) is 30.7 Å². The number of aliphatic imine (C=N–C) groups is 1. The van der Waals surface area contributed by atoms with Crippen molar-refractivity contribution < 1.29 is 13.5 Å². The molecule has 3 atom stereocenters. The van der Waals surface area contributed by atoms with E-state index in [0.717, 1.165) is 37.8 Å². The summed E-state index contributed by atoms with van der Waals surface area (Å²) in [7, 11) is 0. The summed E-state index contributed by atoms with van der Waals surface area (Å²) in [5.41, 5.74) is 0.616. The van der Waals surface area contributed by atoms with E-state index in [2.05, 4.69) is 15.6 Å². The predicted octanol–water partition coefficient (Wildman–Crippen LogP) is 3.00. The number of fused-ring (bicyclic) bond motifs is 2. The van der Waals surface area contributed by atoms with E-state index >= 15 is 0 Å². The highest BCUT2D eigenvalue weighted by molar-refractivity contribution is 14.0. The van der Waals surface area contributed by atoms with Crippen molar-refractivity contribution in [3.05, 3.63) is 35.4 Å². The lowest BCUT2D eigenvalue weighted by Gasteiger charge is -2.22. The number of halogens is 3. The van der Waals surface area contributed by atoms with Crippen molar-refractivity contribution in [1.82, 2.24) is 10.6 Å². The molecule has 2 N–H and O–H groups in total. The van der Waals surface area contributed by atoms with E-state index in [-0.39, 0.29) is 30.1 Å². The van der Waals surface area contributed by atoms with Crippen LogP contribution in [0, 0.1) is 11.6 Å². The molecule has 2 bridgehead atoms. The van der Waals surface area contributed by atoms with Gasteiger partial charge in [0.1, 0.15) is 11.6 Å². The molecule has 2 saturated heterocycles. The van der Waals surface area contributed by atoms with Gasteiger partial charge in [-0.25, -0.2) is 8.78 Å². The zero-order valence-electron chi connectivity index (χ0n) is 13.7. The Balaban J connectivity index is 0.00000208. The van der Waals surface area contributed by atoms with Crippen LogP contribution in [0.3, 0.4) is 0 Å². The van der Waals surface area contributed by atoms with Gasteiger partial charge in [-0.2, -0.15) is 0 Å². The maximum absolute atomic E-state index is 13.2. The monoisotopic (exact) mass is 451 g/mol. The lowest BCUT2D eigenvalue weighted by molar-refractivity contribution is 0.0992. The third kappa shape index (κ3) is 5.02. The number of hydrogen-bond donors (Lipinski definition) is 2. The van der Waals surface area contributed by atoms with Crippen LogP contribution in [0.1, 0.15) is 31.7 Å². The summed E-state index contributed by atoms with van der Waals surface area (Å²) in [5.74, 6) is -0.355. The fourth-order valence-corrected chi connectivity index (χ4v) is 3.34. The van der Waals surface area contributed by atoms with Crippen molar-refractivity contribution >= 4 is 29.9 Å². The van der Waals surface area contributed by atoms with Crippen LogP contribution in [0.25, 0.3) is 0 Å². The highest BCUT2D eigenvalue weighted by Crippen LogP contribution is 2.34. The summed E-state index contributed by atoms with van der Waals surface area (Å²) in [6.45, 7) is 3.25. The molecule has 1 aromatic rings. The van der Waals surface area contributed by atoms with Gasteiger partial charge in [0.05, 0.1) is 18.2 Å². The molecule has 0 saturated carbocycles. The van der Waals surface area contributed by atoms with Crippen LogP contribution < -0.4 is 10.6 Å². The van der Waals surface area contributed by atoms with Crippen LogP contribution >= 0.6 is 24.0 Å². The first-order valence-corrected chi connectivity index (χ1v) is 8.29. The van der Waals surface area contributed by atoms with E-state index in [1.54, 1.807) is 0 Å². The lowest BCUT2D eigenvalue weighted by atomic mass is 9.96. The Hall–Kier alpha value is -0.960. The number of ether oxygens (including phenoxy) is 1. The lowest BCUT2D eigenvalue weighted by Crippen LogP contribution is -2.47. The molecule has 24 heavy (non-hydrogen) atoms. The van der Waals surface area contributed by atoms with Crippen molar-refractivity contribution in [2.75, 3.05) is 13.1 Å². The molecular weight excluding hydrogens is 427 g/mol. The number of hydrogen-bond acceptors (Lipinski definition) is 2. The predicted molar refractivity (Wildman–Crippen MR) is 101 cm³/mol. The molecule has 134 valence electrons. The van der Waals surface area contributed by atoms with Crippen molar-refractivity contribution in [2.24, 2.45) is 4.99 Å². The first-order chi connectivity index (χ1) is 11.1. The topological polar surface area (TPSA) is 45.7 Å². The summed E-state index contributed by atoms with van der Waals surface area (Å²) in [6, 6.07) is 3.89. The Morgan fingerprint density at radius 1 is 1.25 bits per heavy atom. The maximum atomic E-state index is 13.2. The largest absolute Gasteiger partial charge is 0.373 e. The molecule has 0 aliphatic carbocycles. The van der Waals surface area contributed by atoms with E-state index in [9.17, 15) is 8.78 Å². The molecule has 1 aromatic carbocycles. The normalized spacial score (nSPS) is 25.5. The first-order valence-electron chi connectivity index (χ1n) is 8.29. The number of rotatable bonds is 5. The van der Waals surface area contributed by atoms with E-state index in [4.69, 9.17) is 4.74 Å². The fraction of sp³-hybridized carbons (Fsp3) is 0.588. The van der Waals surface area contributed by atoms with Gasteiger partial charge >= 0.3 is 0 Å². The number of guanidine groups is 1. The molecule has 3 unspecified atom stereocenters. The number of nitrogens with zero attached hydrogens (tertiary/aromatic N) is 1. The minimum Gasteiger partial charge on any atom is -0.373 e. The molecule has 0 aromatic heterocycles. The average molecular weight is 451 g/mol. The maximum Gasteiger partial charge on any atom is 0.191 e. The van der Waals surface area contributed by atoms with Gasteiger partial charge in [-0.1, -0.05) is 0 Å². The third-order valence-electron chi connectivity index (χ3n) is 4.37. The van der Waals surface area contributed by atoms with Crippen LogP contribution in [-0.4, -0.2) is 37.3 Å². The van der Waals surface area contributed by atoms with Gasteiger partial charge in [-0.15, -0.1) is 24.0 Å². The Labute approximate surface area is 158 Å². The Morgan fingerprint density at radius 3 is 2.58 bits per heavy atom. The quantitative estimate of drug-likeness (QED) is 0.411. The van der Waals surface area contributed by atoms with Crippen LogP contribution in [0.2, 0.25) is 0 Å². The van der Waals surface area contributed by atoms with Crippen LogP contribution in [0.15, 0.2) is 23.2 Å². The van der Waals surface area contributed by atoms with E-state index in [1.165, 1.54) is 12.1 Å². The molecule has 4 nitrogen and oxygen atoms in total. The second-order valence-corrected chi connectivity index (χ2v) is 6.15. The van der Waals surface area contributed by atoms with Crippen LogP contribution in [0.5, 0.6) is 0 Å². The second kappa shape index (κ2) is 8.94. The summed E-state index contributed by atoms with van der Waals surface area (Å²) >= 11 is 0. The average Bonchev–Trinajstić information content (AvgIpc) is 3.09. The third-order valence-corrected chi connectivity index (χ3v) is 4.37. The van der Waals surface area contributed by atoms with E-state index in [1.807, 2.05) is 6.92 Å². The smallest absolute Gasteiger partial charge is 0.191 e. The van der Waals surface area contributed by atoms with Gasteiger partial charge in [0.15, 0.2) is 5.96 Å². The first kappa shape index (κ1) is 19.4. The van der Waals surface area contributed by atoms with Gasteiger partial charge in [-0.3, -0.25) is 4.99 Å². The SMILES string of the molecule is CCNC(=NCCc1cc(F)cc(F)c1)NC1CC2CCC1O2.I. The fourth-order valence-electron chi connectivity index (χ4n) is 3.34. The minimum atomic E-state index is -0.548. The van der Waals surface area contributed by atoms with Crippen molar-refractivity contribution in [1.29, 1.82) is 0 Å². The zero-order valence-corrected chi connectivity index (χ0v) is 16.1. The highest BCUT2D eigenvalue weighted by atomic mass is 127. The summed E-state index contributed by atoms with van der Waals surface area (Å²) < 4.78 is 32.2. The van der Waals surface area contributed by atoms with Gasteiger partial charge < -0.3 is 15.4 Å². The Kier molecular flexibility index (Phi) is 7.21. The molecule has 3 rings (SSSR count). The molecule has 2 heterocycles. The van der Waals surface area contributed by atoms with Crippen molar-refractivity contribution in [3.8, 4) is 0 Å². The molecule has 2 aliphatic rings. The second-order valence-electron chi connectivity index (χ2n) is 6.15. The summed E-state index contributed by atoms with van der Waals surface area (Å²) in [5, 5.41) is 6.64. The highest BCUT2D eigenvalue weighted by Gasteiger charge is 2.41. The van der Waals surface area contributed by atoms with E-state index < -0.39 is 11.6 Å². The molecule has 0 amide bonds. The van der Waals surface area contributed by atoms with Gasteiger partial charge in [0, 0.05) is 19.2 Å².